The summed E-state index contributed by atoms with van der Waals surface area (Å²) in [6.45, 7) is 3.51. The van der Waals surface area contributed by atoms with E-state index < -0.39 is 0 Å². The van der Waals surface area contributed by atoms with Crippen molar-refractivity contribution in [2.24, 2.45) is 0 Å². The molecule has 0 unspecified atom stereocenters. The van der Waals surface area contributed by atoms with Crippen LogP contribution in [0.4, 0.5) is 0 Å². The van der Waals surface area contributed by atoms with Crippen LogP contribution in [-0.4, -0.2) is 36.9 Å². The second-order valence-corrected chi connectivity index (χ2v) is 9.72. The van der Waals surface area contributed by atoms with Crippen molar-refractivity contribution >= 4 is 33.9 Å². The largest absolute Gasteiger partial charge is 0.358 e. The van der Waals surface area contributed by atoms with Gasteiger partial charge in [0, 0.05) is 31.0 Å². The number of amides is 2. The van der Waals surface area contributed by atoms with E-state index in [4.69, 9.17) is 0 Å². The number of rotatable bonds is 22. The minimum Gasteiger partial charge on any atom is -0.358 e. The highest BCUT2D eigenvalue weighted by molar-refractivity contribution is 8.76. The van der Waals surface area contributed by atoms with E-state index in [2.05, 4.69) is 90.5 Å². The van der Waals surface area contributed by atoms with Gasteiger partial charge in [0.05, 0.1) is 0 Å². The molecule has 0 saturated heterocycles. The molecule has 0 radical (unpaired) electrons. The van der Waals surface area contributed by atoms with Gasteiger partial charge in [-0.1, -0.05) is 101 Å². The van der Waals surface area contributed by atoms with Gasteiger partial charge in [-0.25, -0.2) is 0 Å². The van der Waals surface area contributed by atoms with Gasteiger partial charge in [0.15, 0.2) is 0 Å². The lowest BCUT2D eigenvalue weighted by atomic mass is 10.2. The summed E-state index contributed by atoms with van der Waals surface area (Å²) < 4.78 is 0. The summed E-state index contributed by atoms with van der Waals surface area (Å²) in [5, 5.41) is 5.55. The van der Waals surface area contributed by atoms with Crippen LogP contribution in [0.3, 0.4) is 0 Å². The summed E-state index contributed by atoms with van der Waals surface area (Å²) in [5.41, 5.74) is 0. The molecule has 0 aliphatic rings. The molecule has 2 N–H and O–H groups in total. The van der Waals surface area contributed by atoms with Gasteiger partial charge in [0.1, 0.15) is 0 Å². The summed E-state index contributed by atoms with van der Waals surface area (Å²) in [7, 11) is 3.41. The summed E-state index contributed by atoms with van der Waals surface area (Å²) in [6.07, 6.45) is 34.2. The Bertz CT molecular complexity index is 638. The first-order valence-corrected chi connectivity index (χ1v) is 14.4. The van der Waals surface area contributed by atoms with Gasteiger partial charge in [-0.3, -0.25) is 9.59 Å². The minimum absolute atomic E-state index is 0.0998. The number of allylic oxidation sites excluding steroid dienone is 12. The van der Waals surface area contributed by atoms with Crippen LogP contribution >= 0.6 is 21.6 Å². The fourth-order valence-corrected chi connectivity index (χ4v) is 4.28. The molecule has 4 nitrogen and oxygen atoms in total. The van der Waals surface area contributed by atoms with E-state index in [1.807, 2.05) is 0 Å². The van der Waals surface area contributed by atoms with Crippen LogP contribution in [0.5, 0.6) is 0 Å². The van der Waals surface area contributed by atoms with E-state index in [-0.39, 0.29) is 5.91 Å². The van der Waals surface area contributed by atoms with Gasteiger partial charge >= 0.3 is 0 Å². The number of carbonyl (C=O) groups excluding carboxylic acids is 2. The Morgan fingerprint density at radius 1 is 0.667 bits per heavy atom. The molecule has 0 aromatic rings. The number of hydrogen-bond donors (Lipinski definition) is 2. The molecule has 33 heavy (non-hydrogen) atoms. The molecule has 0 aliphatic carbocycles. The molecule has 2 amide bonds. The lowest BCUT2D eigenvalue weighted by Gasteiger charge is -2.03. The van der Waals surface area contributed by atoms with E-state index in [9.17, 15) is 9.59 Å². The van der Waals surface area contributed by atoms with Gasteiger partial charge in [0.25, 0.3) is 0 Å². The normalized spacial score (nSPS) is 12.4. The van der Waals surface area contributed by atoms with Gasteiger partial charge in [-0.15, -0.1) is 0 Å². The first kappa shape index (κ1) is 31.1. The van der Waals surface area contributed by atoms with Crippen molar-refractivity contribution < 1.29 is 9.59 Å². The first-order valence-electron chi connectivity index (χ1n) is 11.9. The molecule has 0 aromatic carbocycles. The number of carbonyl (C=O) groups is 2. The van der Waals surface area contributed by atoms with Gasteiger partial charge < -0.3 is 10.6 Å². The number of hydrogen-bond acceptors (Lipinski definition) is 4. The van der Waals surface area contributed by atoms with Gasteiger partial charge in [-0.2, -0.15) is 0 Å². The van der Waals surface area contributed by atoms with Crippen molar-refractivity contribution in [2.45, 2.75) is 58.3 Å². The molecular weight excluding hydrogens is 448 g/mol. The van der Waals surface area contributed by atoms with Crippen molar-refractivity contribution in [3.05, 3.63) is 72.9 Å². The Morgan fingerprint density at radius 3 is 1.61 bits per heavy atom. The SMILES string of the molecule is CC/C=C\C/C=C\C/C=C\C/C=C\C/C=C\C/C=C\CCC(=O)NCCSSCCNC=O. The van der Waals surface area contributed by atoms with Crippen molar-refractivity contribution in [1.29, 1.82) is 0 Å². The molecule has 0 spiro atoms. The lowest BCUT2D eigenvalue weighted by Crippen LogP contribution is -2.25. The average molecular weight is 491 g/mol. The van der Waals surface area contributed by atoms with Crippen LogP contribution in [0.15, 0.2) is 72.9 Å². The highest BCUT2D eigenvalue weighted by atomic mass is 33.1. The monoisotopic (exact) mass is 490 g/mol. The van der Waals surface area contributed by atoms with Gasteiger partial charge in [-0.05, 0) is 44.9 Å². The quantitative estimate of drug-likeness (QED) is 0.0766. The highest BCUT2D eigenvalue weighted by Gasteiger charge is 1.98. The van der Waals surface area contributed by atoms with E-state index in [0.717, 1.165) is 56.5 Å². The predicted molar refractivity (Wildman–Crippen MR) is 149 cm³/mol. The van der Waals surface area contributed by atoms with E-state index in [1.54, 1.807) is 21.6 Å². The van der Waals surface area contributed by atoms with Crippen molar-refractivity contribution in [3.8, 4) is 0 Å². The lowest BCUT2D eigenvalue weighted by molar-refractivity contribution is -0.120. The van der Waals surface area contributed by atoms with Crippen molar-refractivity contribution in [3.63, 3.8) is 0 Å². The third-order valence-electron chi connectivity index (χ3n) is 4.14. The Morgan fingerprint density at radius 2 is 1.12 bits per heavy atom. The first-order chi connectivity index (χ1) is 16.3. The topological polar surface area (TPSA) is 58.2 Å². The fraction of sp³-hybridized carbons (Fsp3) is 0.481. The van der Waals surface area contributed by atoms with E-state index >= 15 is 0 Å². The fourth-order valence-electron chi connectivity index (χ4n) is 2.45. The van der Waals surface area contributed by atoms with Crippen LogP contribution in [0.1, 0.15) is 58.3 Å². The second kappa shape index (κ2) is 28.1. The Labute approximate surface area is 209 Å². The molecular formula is C27H42N2O2S2. The average Bonchev–Trinajstić information content (AvgIpc) is 2.82. The summed E-state index contributed by atoms with van der Waals surface area (Å²) in [6, 6.07) is 0. The zero-order valence-electron chi connectivity index (χ0n) is 20.1. The molecule has 0 bridgehead atoms. The maximum atomic E-state index is 11.8. The maximum Gasteiger partial charge on any atom is 0.220 e. The standard InChI is InChI=1S/C27H42N2O2S2/c1-2-3-4-5-6-7-8-9-10-11-12-13-14-15-16-17-18-19-20-21-27(31)29-23-25-33-32-24-22-28-26-30/h3-4,6-7,9-10,12-13,15-16,18-19,26H,2,5,8,11,14,17,20-25H2,1H3,(H,28,30)(H,29,31)/b4-3-,7-6-,10-9-,13-12-,16-15-,19-18-. The second-order valence-electron chi connectivity index (χ2n) is 7.02. The van der Waals surface area contributed by atoms with E-state index in [0.29, 0.717) is 25.9 Å². The van der Waals surface area contributed by atoms with Crippen molar-refractivity contribution in [1.82, 2.24) is 10.6 Å². The molecule has 0 aromatic heterocycles. The summed E-state index contributed by atoms with van der Waals surface area (Å²) in [5.74, 6) is 1.85. The third kappa shape index (κ3) is 28.0. The van der Waals surface area contributed by atoms with Crippen LogP contribution < -0.4 is 10.6 Å². The van der Waals surface area contributed by atoms with Crippen LogP contribution in [-0.2, 0) is 9.59 Å². The number of nitrogens with one attached hydrogen (secondary N) is 2. The Kier molecular flexibility index (Phi) is 26.5. The molecule has 0 aliphatic heterocycles. The molecule has 0 saturated carbocycles. The summed E-state index contributed by atoms with van der Waals surface area (Å²) in [4.78, 5) is 21.9. The smallest absolute Gasteiger partial charge is 0.220 e. The highest BCUT2D eigenvalue weighted by Crippen LogP contribution is 2.19. The molecule has 0 heterocycles. The summed E-state index contributed by atoms with van der Waals surface area (Å²) >= 11 is 0. The minimum atomic E-state index is 0.0998. The molecule has 6 heteroatoms. The van der Waals surface area contributed by atoms with E-state index in [1.165, 1.54) is 0 Å². The zero-order valence-corrected chi connectivity index (χ0v) is 21.8. The molecule has 0 fully saturated rings. The molecule has 184 valence electrons. The maximum absolute atomic E-state index is 11.8. The molecule has 0 atom stereocenters. The Hall–Kier alpha value is -1.92. The van der Waals surface area contributed by atoms with Crippen LogP contribution in [0.2, 0.25) is 0 Å². The van der Waals surface area contributed by atoms with Crippen LogP contribution in [0.25, 0.3) is 0 Å². The molecule has 0 rings (SSSR count). The predicted octanol–water partition coefficient (Wildman–Crippen LogP) is 6.71. The van der Waals surface area contributed by atoms with Crippen molar-refractivity contribution in [2.75, 3.05) is 24.6 Å². The van der Waals surface area contributed by atoms with Gasteiger partial charge in [0.2, 0.25) is 12.3 Å². The zero-order chi connectivity index (χ0) is 24.1. The van der Waals surface area contributed by atoms with Crippen LogP contribution in [0, 0.1) is 0 Å². The Balaban J connectivity index is 3.51. The third-order valence-corrected chi connectivity index (χ3v) is 6.55.